The normalized spacial score (nSPS) is 17.2. The van der Waals surface area contributed by atoms with Crippen molar-refractivity contribution >= 4 is 10.9 Å². The smallest absolute Gasteiger partial charge is 0.261 e. The molecule has 4 heteroatoms. The largest absolute Gasteiger partial charge is 0.296 e. The first-order valence-corrected chi connectivity index (χ1v) is 7.91. The van der Waals surface area contributed by atoms with E-state index in [0.29, 0.717) is 16.8 Å². The Morgan fingerprint density at radius 2 is 2.00 bits per heavy atom. The lowest BCUT2D eigenvalue weighted by molar-refractivity contribution is 0.397. The number of benzene rings is 2. The lowest BCUT2D eigenvalue weighted by Crippen LogP contribution is -2.31. The van der Waals surface area contributed by atoms with Crippen LogP contribution in [0.2, 0.25) is 0 Å². The summed E-state index contributed by atoms with van der Waals surface area (Å²) in [6, 6.07) is 12.0. The summed E-state index contributed by atoms with van der Waals surface area (Å²) in [6.45, 7) is 2.92. The molecule has 0 radical (unpaired) electrons. The van der Waals surface area contributed by atoms with E-state index in [-0.39, 0.29) is 11.4 Å². The summed E-state index contributed by atoms with van der Waals surface area (Å²) in [6.07, 6.45) is 1.84. The van der Waals surface area contributed by atoms with E-state index in [2.05, 4.69) is 6.92 Å². The third-order valence-corrected chi connectivity index (χ3v) is 4.57. The Balaban J connectivity index is 1.91. The third kappa shape index (κ3) is 2.44. The first-order valence-electron chi connectivity index (χ1n) is 7.91. The maximum absolute atomic E-state index is 13.4. The standard InChI is InChI=1S/C19H17FN2O/c1-12-7-8-22-18(9-12)21-17-11-14(5-6-16(17)19(22)23)13-3-2-4-15(20)10-13/h2-6,10-12H,7-9H2,1H3. The van der Waals surface area contributed by atoms with Crippen LogP contribution in [-0.2, 0) is 13.0 Å². The highest BCUT2D eigenvalue weighted by Gasteiger charge is 2.19. The van der Waals surface area contributed by atoms with Crippen LogP contribution in [0.3, 0.4) is 0 Å². The number of nitrogens with zero attached hydrogens (tertiary/aromatic N) is 2. The SMILES string of the molecule is CC1CCn2c(nc3cc(-c4cccc(F)c4)ccc3c2=O)C1. The fraction of sp³-hybridized carbons (Fsp3) is 0.263. The molecule has 0 saturated carbocycles. The highest BCUT2D eigenvalue weighted by atomic mass is 19.1. The summed E-state index contributed by atoms with van der Waals surface area (Å²) in [4.78, 5) is 17.3. The molecule has 0 fully saturated rings. The van der Waals surface area contributed by atoms with Crippen molar-refractivity contribution in [2.45, 2.75) is 26.3 Å². The summed E-state index contributed by atoms with van der Waals surface area (Å²) < 4.78 is 15.2. The van der Waals surface area contributed by atoms with Gasteiger partial charge >= 0.3 is 0 Å². The summed E-state index contributed by atoms with van der Waals surface area (Å²) in [7, 11) is 0. The molecule has 2 aromatic carbocycles. The number of hydrogen-bond acceptors (Lipinski definition) is 2. The van der Waals surface area contributed by atoms with Crippen molar-refractivity contribution in [2.24, 2.45) is 5.92 Å². The molecule has 1 aliphatic heterocycles. The van der Waals surface area contributed by atoms with E-state index >= 15 is 0 Å². The van der Waals surface area contributed by atoms with E-state index in [1.165, 1.54) is 12.1 Å². The fourth-order valence-corrected chi connectivity index (χ4v) is 3.26. The minimum absolute atomic E-state index is 0.0303. The van der Waals surface area contributed by atoms with E-state index in [1.807, 2.05) is 18.2 Å². The zero-order valence-corrected chi connectivity index (χ0v) is 12.9. The molecular weight excluding hydrogens is 291 g/mol. The maximum Gasteiger partial charge on any atom is 0.261 e. The Labute approximate surface area is 133 Å². The number of fused-ring (bicyclic) bond motifs is 2. The third-order valence-electron chi connectivity index (χ3n) is 4.57. The average molecular weight is 308 g/mol. The second-order valence-electron chi connectivity index (χ2n) is 6.33. The van der Waals surface area contributed by atoms with Crippen LogP contribution >= 0.6 is 0 Å². The monoisotopic (exact) mass is 308 g/mol. The lowest BCUT2D eigenvalue weighted by atomic mass is 9.99. The molecule has 1 aromatic heterocycles. The fourth-order valence-electron chi connectivity index (χ4n) is 3.26. The Hall–Kier alpha value is -2.49. The van der Waals surface area contributed by atoms with Crippen LogP contribution in [0.1, 0.15) is 19.2 Å². The minimum Gasteiger partial charge on any atom is -0.296 e. The van der Waals surface area contributed by atoms with Gasteiger partial charge in [-0.05, 0) is 47.7 Å². The first kappa shape index (κ1) is 14.1. The second-order valence-corrected chi connectivity index (χ2v) is 6.33. The van der Waals surface area contributed by atoms with Crippen molar-refractivity contribution in [3.63, 3.8) is 0 Å². The van der Waals surface area contributed by atoms with Crippen LogP contribution in [0.5, 0.6) is 0 Å². The van der Waals surface area contributed by atoms with Crippen molar-refractivity contribution < 1.29 is 4.39 Å². The van der Waals surface area contributed by atoms with Gasteiger partial charge in [0.15, 0.2) is 0 Å². The van der Waals surface area contributed by atoms with E-state index in [4.69, 9.17) is 4.98 Å². The van der Waals surface area contributed by atoms with Crippen molar-refractivity contribution in [3.05, 3.63) is 64.5 Å². The van der Waals surface area contributed by atoms with Gasteiger partial charge in [-0.2, -0.15) is 0 Å². The Morgan fingerprint density at radius 3 is 2.83 bits per heavy atom. The zero-order valence-electron chi connectivity index (χ0n) is 12.9. The summed E-state index contributed by atoms with van der Waals surface area (Å²) in [5.41, 5.74) is 2.39. The van der Waals surface area contributed by atoms with Crippen LogP contribution in [-0.4, -0.2) is 9.55 Å². The van der Waals surface area contributed by atoms with E-state index in [0.717, 1.165) is 36.3 Å². The Morgan fingerprint density at radius 1 is 1.17 bits per heavy atom. The average Bonchev–Trinajstić information content (AvgIpc) is 2.54. The predicted molar refractivity (Wildman–Crippen MR) is 88.9 cm³/mol. The summed E-state index contributed by atoms with van der Waals surface area (Å²) in [5, 5.41) is 0.628. The number of halogens is 1. The van der Waals surface area contributed by atoms with Gasteiger partial charge < -0.3 is 0 Å². The second kappa shape index (κ2) is 5.30. The Bertz CT molecular complexity index is 961. The van der Waals surface area contributed by atoms with Gasteiger partial charge in [-0.15, -0.1) is 0 Å². The molecule has 1 aliphatic rings. The number of aromatic nitrogens is 2. The molecule has 0 bridgehead atoms. The number of rotatable bonds is 1. The molecule has 2 heterocycles. The van der Waals surface area contributed by atoms with Crippen molar-refractivity contribution in [1.29, 1.82) is 0 Å². The molecule has 3 aromatic rings. The highest BCUT2D eigenvalue weighted by Crippen LogP contribution is 2.24. The molecule has 4 rings (SSSR count). The number of hydrogen-bond donors (Lipinski definition) is 0. The van der Waals surface area contributed by atoms with Gasteiger partial charge in [-0.1, -0.05) is 25.1 Å². The van der Waals surface area contributed by atoms with Crippen LogP contribution < -0.4 is 5.56 Å². The van der Waals surface area contributed by atoms with Gasteiger partial charge in [-0.25, -0.2) is 9.37 Å². The van der Waals surface area contributed by atoms with Crippen LogP contribution in [0.25, 0.3) is 22.0 Å². The summed E-state index contributed by atoms with van der Waals surface area (Å²) >= 11 is 0. The van der Waals surface area contributed by atoms with Crippen LogP contribution in [0.4, 0.5) is 4.39 Å². The minimum atomic E-state index is -0.269. The molecule has 0 aliphatic carbocycles. The van der Waals surface area contributed by atoms with Crippen LogP contribution in [0, 0.1) is 11.7 Å². The quantitative estimate of drug-likeness (QED) is 0.685. The molecular formula is C19H17FN2O. The van der Waals surface area contributed by atoms with Crippen molar-refractivity contribution in [1.82, 2.24) is 9.55 Å². The lowest BCUT2D eigenvalue weighted by Gasteiger charge is -2.22. The molecule has 3 nitrogen and oxygen atoms in total. The molecule has 1 unspecified atom stereocenters. The highest BCUT2D eigenvalue weighted by molar-refractivity contribution is 5.83. The molecule has 1 atom stereocenters. The molecule has 0 amide bonds. The summed E-state index contributed by atoms with van der Waals surface area (Å²) in [5.74, 6) is 1.14. The van der Waals surface area contributed by atoms with E-state index in [1.54, 1.807) is 16.7 Å². The van der Waals surface area contributed by atoms with Crippen LogP contribution in [0.15, 0.2) is 47.3 Å². The van der Waals surface area contributed by atoms with Gasteiger partial charge in [0, 0.05) is 13.0 Å². The van der Waals surface area contributed by atoms with Crippen molar-refractivity contribution in [3.8, 4) is 11.1 Å². The topological polar surface area (TPSA) is 34.9 Å². The first-order chi connectivity index (χ1) is 11.1. The van der Waals surface area contributed by atoms with Gasteiger partial charge in [0.25, 0.3) is 5.56 Å². The molecule has 23 heavy (non-hydrogen) atoms. The van der Waals surface area contributed by atoms with Gasteiger partial charge in [-0.3, -0.25) is 9.36 Å². The maximum atomic E-state index is 13.4. The molecule has 116 valence electrons. The zero-order chi connectivity index (χ0) is 16.0. The molecule has 0 N–H and O–H groups in total. The van der Waals surface area contributed by atoms with Crippen molar-refractivity contribution in [2.75, 3.05) is 0 Å². The van der Waals surface area contributed by atoms with Gasteiger partial charge in [0.1, 0.15) is 11.6 Å². The predicted octanol–water partition coefficient (Wildman–Crippen LogP) is 3.78. The van der Waals surface area contributed by atoms with E-state index in [9.17, 15) is 9.18 Å². The van der Waals surface area contributed by atoms with Gasteiger partial charge in [0.2, 0.25) is 0 Å². The van der Waals surface area contributed by atoms with Gasteiger partial charge in [0.05, 0.1) is 10.9 Å². The molecule has 0 spiro atoms. The Kier molecular flexibility index (Phi) is 3.26. The molecule has 0 saturated heterocycles. The van der Waals surface area contributed by atoms with E-state index < -0.39 is 0 Å².